The summed E-state index contributed by atoms with van der Waals surface area (Å²) >= 11 is 10.1. The molecule has 2 aromatic carbocycles. The van der Waals surface area contributed by atoms with Crippen LogP contribution < -0.4 is 4.74 Å². The molecular weight excluding hydrogens is 324 g/mol. The number of hydrogen-bond donors (Lipinski definition) is 0. The normalized spacial score (nSPS) is 12.2. The maximum Gasteiger partial charge on any atom is 0.122 e. The predicted molar refractivity (Wildman–Crippen MR) is 84.2 cm³/mol. The highest BCUT2D eigenvalue weighted by atomic mass is 79.9. The van der Waals surface area contributed by atoms with Gasteiger partial charge in [-0.1, -0.05) is 46.3 Å². The summed E-state index contributed by atoms with van der Waals surface area (Å²) in [5, 5.41) is -0.0613. The average molecular weight is 340 g/mol. The number of methoxy groups -OCH3 is 1. The van der Waals surface area contributed by atoms with Gasteiger partial charge < -0.3 is 4.74 Å². The van der Waals surface area contributed by atoms with Crippen LogP contribution >= 0.6 is 27.5 Å². The second-order valence-electron chi connectivity index (χ2n) is 4.44. The van der Waals surface area contributed by atoms with Crippen LogP contribution in [-0.4, -0.2) is 7.11 Å². The Morgan fingerprint density at radius 1 is 1.16 bits per heavy atom. The number of benzene rings is 2. The van der Waals surface area contributed by atoms with Crippen molar-refractivity contribution in [1.82, 2.24) is 0 Å². The van der Waals surface area contributed by atoms with Crippen molar-refractivity contribution < 1.29 is 4.74 Å². The first kappa shape index (κ1) is 14.4. The van der Waals surface area contributed by atoms with Crippen molar-refractivity contribution in [2.24, 2.45) is 0 Å². The first-order valence-electron chi connectivity index (χ1n) is 6.14. The number of rotatable bonds is 4. The van der Waals surface area contributed by atoms with E-state index >= 15 is 0 Å². The molecule has 0 radical (unpaired) electrons. The van der Waals surface area contributed by atoms with E-state index in [1.165, 1.54) is 5.56 Å². The Bertz CT molecular complexity index is 568. The summed E-state index contributed by atoms with van der Waals surface area (Å²) in [7, 11) is 1.69. The first-order valence-corrected chi connectivity index (χ1v) is 7.37. The lowest BCUT2D eigenvalue weighted by Gasteiger charge is -2.15. The molecule has 0 aromatic heterocycles. The fourth-order valence-electron chi connectivity index (χ4n) is 2.14. The highest BCUT2D eigenvalue weighted by Crippen LogP contribution is 2.33. The Labute approximate surface area is 127 Å². The van der Waals surface area contributed by atoms with Crippen LogP contribution in [0, 0.1) is 6.92 Å². The maximum atomic E-state index is 6.57. The summed E-state index contributed by atoms with van der Waals surface area (Å²) in [6.45, 7) is 2.08. The molecular formula is C16H16BrClO. The van der Waals surface area contributed by atoms with Crippen molar-refractivity contribution in [3.05, 3.63) is 63.6 Å². The van der Waals surface area contributed by atoms with E-state index in [1.807, 2.05) is 30.3 Å². The van der Waals surface area contributed by atoms with Crippen molar-refractivity contribution in [3.63, 3.8) is 0 Å². The zero-order valence-electron chi connectivity index (χ0n) is 11.0. The van der Waals surface area contributed by atoms with Crippen LogP contribution in [0.4, 0.5) is 0 Å². The Morgan fingerprint density at radius 3 is 2.63 bits per heavy atom. The molecule has 0 bridgehead atoms. The third-order valence-corrected chi connectivity index (χ3v) is 4.49. The third-order valence-electron chi connectivity index (χ3n) is 3.24. The van der Waals surface area contributed by atoms with E-state index in [4.69, 9.17) is 16.3 Å². The molecule has 0 aliphatic carbocycles. The van der Waals surface area contributed by atoms with E-state index in [0.29, 0.717) is 0 Å². The van der Waals surface area contributed by atoms with Crippen molar-refractivity contribution >= 4 is 27.5 Å². The van der Waals surface area contributed by atoms with Crippen molar-refractivity contribution in [2.75, 3.05) is 7.11 Å². The van der Waals surface area contributed by atoms with Gasteiger partial charge in [-0.2, -0.15) is 0 Å². The molecule has 3 heteroatoms. The lowest BCUT2D eigenvalue weighted by molar-refractivity contribution is 0.409. The molecule has 1 unspecified atom stereocenters. The van der Waals surface area contributed by atoms with Crippen molar-refractivity contribution in [3.8, 4) is 5.75 Å². The van der Waals surface area contributed by atoms with E-state index in [2.05, 4.69) is 35.0 Å². The smallest absolute Gasteiger partial charge is 0.122 e. The van der Waals surface area contributed by atoms with Crippen LogP contribution in [-0.2, 0) is 6.42 Å². The molecule has 19 heavy (non-hydrogen) atoms. The van der Waals surface area contributed by atoms with Gasteiger partial charge in [0, 0.05) is 4.47 Å². The van der Waals surface area contributed by atoms with Crippen LogP contribution in [0.5, 0.6) is 5.75 Å². The van der Waals surface area contributed by atoms with E-state index in [-0.39, 0.29) is 5.38 Å². The molecule has 1 nitrogen and oxygen atoms in total. The molecule has 2 rings (SSSR count). The third kappa shape index (κ3) is 3.31. The fourth-order valence-corrected chi connectivity index (χ4v) is 2.92. The Kier molecular flexibility index (Phi) is 4.89. The quantitative estimate of drug-likeness (QED) is 0.688. The molecule has 0 heterocycles. The Balaban J connectivity index is 2.26. The van der Waals surface area contributed by atoms with Gasteiger partial charge in [-0.25, -0.2) is 0 Å². The molecule has 0 aliphatic rings. The lowest BCUT2D eigenvalue weighted by Crippen LogP contribution is -2.00. The van der Waals surface area contributed by atoms with Gasteiger partial charge in [0.25, 0.3) is 0 Å². The number of para-hydroxylation sites is 1. The van der Waals surface area contributed by atoms with Gasteiger partial charge in [0.2, 0.25) is 0 Å². The molecule has 0 N–H and O–H groups in total. The average Bonchev–Trinajstić information content (AvgIpc) is 2.42. The summed E-state index contributed by atoms with van der Waals surface area (Å²) in [6, 6.07) is 14.1. The van der Waals surface area contributed by atoms with Crippen LogP contribution in [0.25, 0.3) is 0 Å². The molecule has 0 amide bonds. The molecule has 0 fully saturated rings. The SMILES string of the molecule is COc1ccccc1CC(Cl)c1cccc(Br)c1C. The molecule has 0 aliphatic heterocycles. The minimum atomic E-state index is -0.0613. The summed E-state index contributed by atoms with van der Waals surface area (Å²) in [4.78, 5) is 0. The van der Waals surface area contributed by atoms with Crippen molar-refractivity contribution in [2.45, 2.75) is 18.7 Å². The number of hydrogen-bond acceptors (Lipinski definition) is 1. The van der Waals surface area contributed by atoms with Gasteiger partial charge >= 0.3 is 0 Å². The van der Waals surface area contributed by atoms with E-state index in [1.54, 1.807) is 7.11 Å². The number of ether oxygens (including phenoxy) is 1. The number of alkyl halides is 1. The Hall–Kier alpha value is -0.990. The maximum absolute atomic E-state index is 6.57. The molecule has 100 valence electrons. The zero-order chi connectivity index (χ0) is 13.8. The largest absolute Gasteiger partial charge is 0.496 e. The highest BCUT2D eigenvalue weighted by Gasteiger charge is 2.14. The second kappa shape index (κ2) is 6.44. The van der Waals surface area contributed by atoms with Crippen LogP contribution in [0.2, 0.25) is 0 Å². The predicted octanol–water partition coefficient (Wildman–Crippen LogP) is 5.29. The highest BCUT2D eigenvalue weighted by molar-refractivity contribution is 9.10. The summed E-state index contributed by atoms with van der Waals surface area (Å²) in [5.74, 6) is 0.890. The zero-order valence-corrected chi connectivity index (χ0v) is 13.3. The molecule has 0 saturated heterocycles. The summed E-state index contributed by atoms with van der Waals surface area (Å²) in [5.41, 5.74) is 3.48. The van der Waals surface area contributed by atoms with E-state index in [0.717, 1.165) is 27.8 Å². The second-order valence-corrected chi connectivity index (χ2v) is 5.82. The summed E-state index contributed by atoms with van der Waals surface area (Å²) < 4.78 is 6.46. The van der Waals surface area contributed by atoms with Gasteiger partial charge in [-0.3, -0.25) is 0 Å². The fraction of sp³-hybridized carbons (Fsp3) is 0.250. The molecule has 0 spiro atoms. The summed E-state index contributed by atoms with van der Waals surface area (Å²) in [6.07, 6.45) is 0.753. The monoisotopic (exact) mass is 338 g/mol. The lowest BCUT2D eigenvalue weighted by atomic mass is 9.99. The van der Waals surface area contributed by atoms with Gasteiger partial charge in [0.05, 0.1) is 12.5 Å². The van der Waals surface area contributed by atoms with Crippen LogP contribution in [0.1, 0.15) is 22.1 Å². The van der Waals surface area contributed by atoms with Crippen molar-refractivity contribution in [1.29, 1.82) is 0 Å². The van der Waals surface area contributed by atoms with Gasteiger partial charge in [0.1, 0.15) is 5.75 Å². The number of halogens is 2. The minimum absolute atomic E-state index is 0.0613. The topological polar surface area (TPSA) is 9.23 Å². The Morgan fingerprint density at radius 2 is 1.89 bits per heavy atom. The standard InChI is InChI=1S/C16H16BrClO/c1-11-13(7-5-8-14(11)17)15(18)10-12-6-3-4-9-16(12)19-2/h3-9,15H,10H2,1-2H3. The minimum Gasteiger partial charge on any atom is -0.496 e. The van der Waals surface area contributed by atoms with Gasteiger partial charge in [-0.05, 0) is 42.2 Å². The van der Waals surface area contributed by atoms with Gasteiger partial charge in [0.15, 0.2) is 0 Å². The molecule has 1 atom stereocenters. The molecule has 0 saturated carbocycles. The van der Waals surface area contributed by atoms with Crippen LogP contribution in [0.15, 0.2) is 46.9 Å². The van der Waals surface area contributed by atoms with E-state index < -0.39 is 0 Å². The first-order chi connectivity index (χ1) is 9.13. The van der Waals surface area contributed by atoms with Gasteiger partial charge in [-0.15, -0.1) is 11.6 Å². The van der Waals surface area contributed by atoms with E-state index in [9.17, 15) is 0 Å². The molecule has 2 aromatic rings. The van der Waals surface area contributed by atoms with Crippen LogP contribution in [0.3, 0.4) is 0 Å².